The van der Waals surface area contributed by atoms with Gasteiger partial charge in [0.1, 0.15) is 11.5 Å². The Morgan fingerprint density at radius 3 is 2.48 bits per heavy atom. The fourth-order valence-electron chi connectivity index (χ4n) is 1.75. The van der Waals surface area contributed by atoms with E-state index in [4.69, 9.17) is 15.2 Å². The van der Waals surface area contributed by atoms with Crippen molar-refractivity contribution < 1.29 is 19.1 Å². The molecule has 1 aromatic carbocycles. The summed E-state index contributed by atoms with van der Waals surface area (Å²) in [5, 5.41) is 5.29. The number of carbonyl (C=O) groups excluding carboxylic acids is 2. The summed E-state index contributed by atoms with van der Waals surface area (Å²) >= 11 is 0. The molecule has 1 aromatic rings. The average Bonchev–Trinajstić information content (AvgIpc) is 2.47. The molecule has 0 atom stereocenters. The van der Waals surface area contributed by atoms with E-state index in [2.05, 4.69) is 10.6 Å². The highest BCUT2D eigenvalue weighted by atomic mass is 16.5. The van der Waals surface area contributed by atoms with Crippen LogP contribution in [0.1, 0.15) is 23.7 Å². The number of hydrogen-bond acceptors (Lipinski definition) is 5. The zero-order valence-corrected chi connectivity index (χ0v) is 12.5. The second kappa shape index (κ2) is 7.98. The van der Waals surface area contributed by atoms with Crippen LogP contribution in [0.5, 0.6) is 11.5 Å². The predicted molar refractivity (Wildman–Crippen MR) is 79.6 cm³/mol. The molecule has 1 rings (SSSR count). The summed E-state index contributed by atoms with van der Waals surface area (Å²) in [7, 11) is 2.95. The van der Waals surface area contributed by atoms with Crippen molar-refractivity contribution in [2.24, 2.45) is 0 Å². The number of nitrogens with two attached hydrogens (primary N) is 1. The fraction of sp³-hybridized carbons (Fsp3) is 0.429. The van der Waals surface area contributed by atoms with Crippen LogP contribution < -0.4 is 25.8 Å². The van der Waals surface area contributed by atoms with E-state index in [0.717, 1.165) is 0 Å². The van der Waals surface area contributed by atoms with Crippen LogP contribution in [0.3, 0.4) is 0 Å². The molecule has 0 radical (unpaired) electrons. The van der Waals surface area contributed by atoms with E-state index in [0.29, 0.717) is 18.0 Å². The monoisotopic (exact) mass is 295 g/mol. The van der Waals surface area contributed by atoms with Crippen molar-refractivity contribution in [1.29, 1.82) is 0 Å². The molecule has 0 aliphatic carbocycles. The minimum absolute atomic E-state index is 0.117. The predicted octanol–water partition coefficient (Wildman–Crippen LogP) is 0.542. The van der Waals surface area contributed by atoms with Crippen LogP contribution in [0.15, 0.2) is 12.1 Å². The van der Waals surface area contributed by atoms with Crippen LogP contribution in [0.4, 0.5) is 5.69 Å². The quantitative estimate of drug-likeness (QED) is 0.637. The highest BCUT2D eigenvalue weighted by Gasteiger charge is 2.16. The Morgan fingerprint density at radius 1 is 1.19 bits per heavy atom. The van der Waals surface area contributed by atoms with Crippen LogP contribution in [0.2, 0.25) is 0 Å². The minimum Gasteiger partial charge on any atom is -0.497 e. The van der Waals surface area contributed by atoms with Gasteiger partial charge in [-0.2, -0.15) is 0 Å². The summed E-state index contributed by atoms with van der Waals surface area (Å²) in [5.74, 6) is 0.334. The second-order valence-corrected chi connectivity index (χ2v) is 4.25. The molecule has 0 unspecified atom stereocenters. The maximum Gasteiger partial charge on any atom is 0.253 e. The molecule has 0 aliphatic heterocycles. The summed E-state index contributed by atoms with van der Waals surface area (Å²) < 4.78 is 10.2. The highest BCUT2D eigenvalue weighted by molar-refractivity contribution is 6.01. The summed E-state index contributed by atoms with van der Waals surface area (Å²) in [5.41, 5.74) is 6.36. The molecule has 0 bridgehead atoms. The van der Waals surface area contributed by atoms with Gasteiger partial charge in [-0.25, -0.2) is 0 Å². The maximum atomic E-state index is 12.1. The molecular weight excluding hydrogens is 274 g/mol. The first-order chi connectivity index (χ1) is 10.0. The molecule has 0 aliphatic rings. The lowest BCUT2D eigenvalue weighted by Crippen LogP contribution is -2.31. The molecule has 7 heteroatoms. The number of nitrogens with one attached hydrogen (secondary N) is 2. The number of rotatable bonds is 7. The molecule has 0 saturated carbocycles. The van der Waals surface area contributed by atoms with E-state index >= 15 is 0 Å². The van der Waals surface area contributed by atoms with Gasteiger partial charge in [0.05, 0.1) is 25.5 Å². The van der Waals surface area contributed by atoms with Gasteiger partial charge in [-0.05, 0) is 13.0 Å². The Kier molecular flexibility index (Phi) is 6.32. The van der Waals surface area contributed by atoms with Crippen molar-refractivity contribution in [3.8, 4) is 11.5 Å². The summed E-state index contributed by atoms with van der Waals surface area (Å²) in [6, 6.07) is 3.13. The Hall–Kier alpha value is -2.44. The number of benzene rings is 1. The molecule has 7 nitrogen and oxygen atoms in total. The zero-order valence-electron chi connectivity index (χ0n) is 12.5. The van der Waals surface area contributed by atoms with Gasteiger partial charge in [-0.1, -0.05) is 0 Å². The lowest BCUT2D eigenvalue weighted by Gasteiger charge is -2.12. The summed E-state index contributed by atoms with van der Waals surface area (Å²) in [6.07, 6.45) is 0.209. The summed E-state index contributed by atoms with van der Waals surface area (Å²) in [6.45, 7) is 2.62. The first kappa shape index (κ1) is 16.6. The van der Waals surface area contributed by atoms with Crippen LogP contribution in [-0.2, 0) is 4.79 Å². The molecule has 0 saturated heterocycles. The van der Waals surface area contributed by atoms with Crippen molar-refractivity contribution in [3.63, 3.8) is 0 Å². The van der Waals surface area contributed by atoms with Gasteiger partial charge in [-0.3, -0.25) is 9.59 Å². The number of hydrogen-bond donors (Lipinski definition) is 3. The van der Waals surface area contributed by atoms with Crippen molar-refractivity contribution in [1.82, 2.24) is 10.6 Å². The van der Waals surface area contributed by atoms with Crippen molar-refractivity contribution >= 4 is 17.5 Å². The molecule has 4 N–H and O–H groups in total. The van der Waals surface area contributed by atoms with Gasteiger partial charge in [0.25, 0.3) is 5.91 Å². The molecule has 0 spiro atoms. The van der Waals surface area contributed by atoms with Gasteiger partial charge in [-0.15, -0.1) is 0 Å². The van der Waals surface area contributed by atoms with Gasteiger partial charge < -0.3 is 25.8 Å². The SMILES string of the molecule is CCNC(=O)CCNC(=O)c1cc(OC)cc(OC)c1N. The fourth-order valence-corrected chi connectivity index (χ4v) is 1.75. The molecule has 0 aromatic heterocycles. The van der Waals surface area contributed by atoms with E-state index in [1.807, 2.05) is 6.92 Å². The molecular formula is C14H21N3O4. The molecule has 0 heterocycles. The molecule has 2 amide bonds. The Morgan fingerprint density at radius 2 is 1.90 bits per heavy atom. The Labute approximate surface area is 123 Å². The number of anilines is 1. The number of methoxy groups -OCH3 is 2. The number of amides is 2. The van der Waals surface area contributed by atoms with Crippen LogP contribution >= 0.6 is 0 Å². The number of nitrogen functional groups attached to an aromatic ring is 1. The first-order valence-corrected chi connectivity index (χ1v) is 6.59. The molecule has 116 valence electrons. The van der Waals surface area contributed by atoms with Gasteiger partial charge >= 0.3 is 0 Å². The molecule has 21 heavy (non-hydrogen) atoms. The van der Waals surface area contributed by atoms with Gasteiger partial charge in [0, 0.05) is 25.6 Å². The van der Waals surface area contributed by atoms with Crippen LogP contribution in [-0.4, -0.2) is 39.1 Å². The maximum absolute atomic E-state index is 12.1. The van der Waals surface area contributed by atoms with E-state index in [1.165, 1.54) is 20.3 Å². The Bertz CT molecular complexity index is 517. The highest BCUT2D eigenvalue weighted by Crippen LogP contribution is 2.30. The minimum atomic E-state index is -0.381. The lowest BCUT2D eigenvalue weighted by molar-refractivity contribution is -0.120. The number of ether oxygens (including phenoxy) is 2. The third-order valence-corrected chi connectivity index (χ3v) is 2.83. The Balaban J connectivity index is 2.75. The zero-order chi connectivity index (χ0) is 15.8. The van der Waals surface area contributed by atoms with Gasteiger partial charge in [0.15, 0.2) is 0 Å². The largest absolute Gasteiger partial charge is 0.497 e. The van der Waals surface area contributed by atoms with Crippen molar-refractivity contribution in [2.45, 2.75) is 13.3 Å². The van der Waals surface area contributed by atoms with E-state index in [-0.39, 0.29) is 36.0 Å². The normalized spacial score (nSPS) is 9.86. The third kappa shape index (κ3) is 4.55. The second-order valence-electron chi connectivity index (χ2n) is 4.25. The van der Waals surface area contributed by atoms with Crippen molar-refractivity contribution in [3.05, 3.63) is 17.7 Å². The first-order valence-electron chi connectivity index (χ1n) is 6.59. The van der Waals surface area contributed by atoms with Crippen molar-refractivity contribution in [2.75, 3.05) is 33.0 Å². The number of carbonyl (C=O) groups is 2. The van der Waals surface area contributed by atoms with Gasteiger partial charge in [0.2, 0.25) is 5.91 Å². The standard InChI is InChI=1S/C14H21N3O4/c1-4-16-12(18)5-6-17-14(19)10-7-9(20-2)8-11(21-3)13(10)15/h7-8H,4-6,15H2,1-3H3,(H,16,18)(H,17,19). The topological polar surface area (TPSA) is 103 Å². The molecule has 0 fully saturated rings. The summed E-state index contributed by atoms with van der Waals surface area (Å²) in [4.78, 5) is 23.4. The smallest absolute Gasteiger partial charge is 0.253 e. The average molecular weight is 295 g/mol. The lowest BCUT2D eigenvalue weighted by atomic mass is 10.1. The van der Waals surface area contributed by atoms with E-state index < -0.39 is 0 Å². The van der Waals surface area contributed by atoms with E-state index in [1.54, 1.807) is 6.07 Å². The van der Waals surface area contributed by atoms with Crippen LogP contribution in [0.25, 0.3) is 0 Å². The third-order valence-electron chi connectivity index (χ3n) is 2.83. The van der Waals surface area contributed by atoms with Crippen LogP contribution in [0, 0.1) is 0 Å². The van der Waals surface area contributed by atoms with E-state index in [9.17, 15) is 9.59 Å².